The van der Waals surface area contributed by atoms with Gasteiger partial charge in [-0.2, -0.15) is 5.10 Å². The van der Waals surface area contributed by atoms with Crippen LogP contribution in [0.4, 0.5) is 0 Å². The fraction of sp³-hybridized carbons (Fsp3) is 0.760. The molecule has 1 saturated heterocycles. The van der Waals surface area contributed by atoms with Crippen LogP contribution in [0.3, 0.4) is 0 Å². The van der Waals surface area contributed by atoms with E-state index in [0.717, 1.165) is 58.2 Å². The summed E-state index contributed by atoms with van der Waals surface area (Å²) in [6, 6.07) is 1.74. The van der Waals surface area contributed by atoms with E-state index < -0.39 is 5.54 Å². The van der Waals surface area contributed by atoms with Crippen molar-refractivity contribution in [3.63, 3.8) is 0 Å². The van der Waals surface area contributed by atoms with Crippen LogP contribution in [0.25, 0.3) is 0 Å². The van der Waals surface area contributed by atoms with Crippen LogP contribution in [0.5, 0.6) is 0 Å². The predicted molar refractivity (Wildman–Crippen MR) is 130 cm³/mol. The van der Waals surface area contributed by atoms with Crippen molar-refractivity contribution >= 4 is 17.7 Å². The first-order valence-electron chi connectivity index (χ1n) is 13.1. The number of piperidine rings is 1. The molecule has 3 heterocycles. The van der Waals surface area contributed by atoms with Gasteiger partial charge in [-0.05, 0) is 65.1 Å². The molecule has 0 aromatic carbocycles. The lowest BCUT2D eigenvalue weighted by molar-refractivity contribution is -0.133. The predicted octanol–water partition coefficient (Wildman–Crippen LogP) is 2.17. The van der Waals surface area contributed by atoms with Gasteiger partial charge in [0.25, 0.3) is 11.8 Å². The summed E-state index contributed by atoms with van der Waals surface area (Å²) in [5, 5.41) is 10.5. The van der Waals surface area contributed by atoms with E-state index in [0.29, 0.717) is 18.8 Å². The first-order valence-corrected chi connectivity index (χ1v) is 13.1. The van der Waals surface area contributed by atoms with Gasteiger partial charge in [0.15, 0.2) is 5.69 Å². The lowest BCUT2D eigenvalue weighted by atomic mass is 9.94. The molecule has 3 amide bonds. The van der Waals surface area contributed by atoms with Gasteiger partial charge in [-0.15, -0.1) is 0 Å². The number of amides is 3. The van der Waals surface area contributed by atoms with E-state index >= 15 is 0 Å². The van der Waals surface area contributed by atoms with E-state index in [-0.39, 0.29) is 36.0 Å². The number of nitrogens with zero attached hydrogens (tertiary/aromatic N) is 4. The van der Waals surface area contributed by atoms with Crippen molar-refractivity contribution < 1.29 is 14.4 Å². The molecule has 4 rings (SSSR count). The third-order valence-electron chi connectivity index (χ3n) is 7.54. The van der Waals surface area contributed by atoms with Gasteiger partial charge < -0.3 is 20.4 Å². The minimum Gasteiger partial charge on any atom is -0.351 e. The van der Waals surface area contributed by atoms with E-state index in [9.17, 15) is 14.4 Å². The summed E-state index contributed by atoms with van der Waals surface area (Å²) >= 11 is 0. The third-order valence-corrected chi connectivity index (χ3v) is 7.54. The molecule has 188 valence electrons. The molecule has 0 unspecified atom stereocenters. The molecule has 9 heteroatoms. The fourth-order valence-corrected chi connectivity index (χ4v) is 5.52. The van der Waals surface area contributed by atoms with Crippen molar-refractivity contribution in [3.05, 3.63) is 17.5 Å². The summed E-state index contributed by atoms with van der Waals surface area (Å²) < 4.78 is 1.55. The molecular weight excluding hydrogens is 432 g/mol. The quantitative estimate of drug-likeness (QED) is 0.537. The van der Waals surface area contributed by atoms with Crippen LogP contribution in [0, 0.1) is 0 Å². The number of nitrogens with one attached hydrogen (secondary N) is 2. The van der Waals surface area contributed by atoms with Gasteiger partial charge in [0, 0.05) is 25.2 Å². The summed E-state index contributed by atoms with van der Waals surface area (Å²) in [6.45, 7) is 8.39. The molecule has 0 radical (unpaired) electrons. The smallest absolute Gasteiger partial charge is 0.273 e. The largest absolute Gasteiger partial charge is 0.351 e. The van der Waals surface area contributed by atoms with Crippen LogP contribution in [-0.4, -0.2) is 81.6 Å². The van der Waals surface area contributed by atoms with Crippen LogP contribution in [0.15, 0.2) is 6.07 Å². The van der Waals surface area contributed by atoms with Gasteiger partial charge >= 0.3 is 0 Å². The maximum Gasteiger partial charge on any atom is 0.273 e. The minimum absolute atomic E-state index is 0.133. The van der Waals surface area contributed by atoms with Gasteiger partial charge in [0.2, 0.25) is 5.91 Å². The molecule has 1 aliphatic carbocycles. The van der Waals surface area contributed by atoms with Gasteiger partial charge in [-0.3, -0.25) is 19.1 Å². The Morgan fingerprint density at radius 2 is 1.85 bits per heavy atom. The number of fused-ring (bicyclic) bond motifs is 1. The Balaban J connectivity index is 1.41. The monoisotopic (exact) mass is 472 g/mol. The zero-order valence-electron chi connectivity index (χ0n) is 20.8. The molecule has 9 nitrogen and oxygen atoms in total. The Bertz CT molecular complexity index is 887. The van der Waals surface area contributed by atoms with Crippen LogP contribution in [-0.2, 0) is 11.3 Å². The number of carbonyl (C=O) groups excluding carboxylic acids is 3. The second-order valence-electron chi connectivity index (χ2n) is 10.3. The molecule has 1 atom stereocenters. The number of hydrogen-bond donors (Lipinski definition) is 2. The first kappa shape index (κ1) is 24.7. The standard InChI is InChI=1S/C25H40N6O3/c1-3-13-30-23(33)21-17-20(22(32)26-12-9-16-29-14-7-4-8-15-29)28-31(21)18-25(30,2)24(34)27-19-10-5-6-11-19/h17,19H,3-16,18H2,1-2H3,(H,26,32)(H,27,34)/t25-/m1/s1. The number of likely N-dealkylation sites (tertiary alicyclic amines) is 1. The number of aromatic nitrogens is 2. The van der Waals surface area contributed by atoms with Crippen molar-refractivity contribution in [2.24, 2.45) is 0 Å². The number of hydrogen-bond acceptors (Lipinski definition) is 5. The maximum atomic E-state index is 13.4. The van der Waals surface area contributed by atoms with E-state index in [1.54, 1.807) is 15.6 Å². The van der Waals surface area contributed by atoms with E-state index in [1.807, 2.05) is 13.8 Å². The topological polar surface area (TPSA) is 99.6 Å². The van der Waals surface area contributed by atoms with Crippen LogP contribution >= 0.6 is 0 Å². The molecule has 1 aromatic heterocycles. The molecule has 1 saturated carbocycles. The van der Waals surface area contributed by atoms with Gasteiger partial charge in [-0.25, -0.2) is 0 Å². The van der Waals surface area contributed by atoms with Crippen molar-refractivity contribution in [1.29, 1.82) is 0 Å². The Labute approximate surface area is 202 Å². The summed E-state index contributed by atoms with van der Waals surface area (Å²) in [6.07, 6.45) is 9.68. The Hall–Kier alpha value is -2.42. The molecule has 34 heavy (non-hydrogen) atoms. The highest BCUT2D eigenvalue weighted by atomic mass is 16.2. The molecule has 0 bridgehead atoms. The second-order valence-corrected chi connectivity index (χ2v) is 10.3. The fourth-order valence-electron chi connectivity index (χ4n) is 5.52. The highest BCUT2D eigenvalue weighted by Crippen LogP contribution is 2.29. The molecule has 0 spiro atoms. The highest BCUT2D eigenvalue weighted by molar-refractivity contribution is 6.01. The van der Waals surface area contributed by atoms with E-state index in [1.165, 1.54) is 19.3 Å². The zero-order valence-corrected chi connectivity index (χ0v) is 20.8. The zero-order chi connectivity index (χ0) is 24.1. The number of carbonyl (C=O) groups is 3. The van der Waals surface area contributed by atoms with Crippen molar-refractivity contribution in [3.8, 4) is 0 Å². The Morgan fingerprint density at radius 1 is 1.12 bits per heavy atom. The van der Waals surface area contributed by atoms with Gasteiger partial charge in [0.05, 0.1) is 6.54 Å². The summed E-state index contributed by atoms with van der Waals surface area (Å²) in [5.74, 6) is -0.646. The average Bonchev–Trinajstić information content (AvgIpc) is 3.50. The Kier molecular flexibility index (Phi) is 7.91. The van der Waals surface area contributed by atoms with Crippen LogP contribution in [0.1, 0.15) is 92.6 Å². The lowest BCUT2D eigenvalue weighted by Crippen LogP contribution is -2.65. The summed E-state index contributed by atoms with van der Waals surface area (Å²) in [5.41, 5.74) is -0.423. The molecule has 2 aliphatic heterocycles. The van der Waals surface area contributed by atoms with E-state index in [2.05, 4.69) is 20.6 Å². The second kappa shape index (κ2) is 10.9. The summed E-state index contributed by atoms with van der Waals surface area (Å²) in [7, 11) is 0. The Morgan fingerprint density at radius 3 is 2.56 bits per heavy atom. The van der Waals surface area contributed by atoms with Gasteiger partial charge in [-0.1, -0.05) is 26.2 Å². The molecular formula is C25H40N6O3. The molecule has 2 N–H and O–H groups in total. The van der Waals surface area contributed by atoms with Crippen molar-refractivity contribution in [2.75, 3.05) is 32.7 Å². The number of rotatable bonds is 9. The average molecular weight is 473 g/mol. The van der Waals surface area contributed by atoms with Gasteiger partial charge in [0.1, 0.15) is 11.2 Å². The SMILES string of the molecule is CCCN1C(=O)c2cc(C(=O)NCCCN3CCCCC3)nn2C[C@]1(C)C(=O)NC1CCCC1. The van der Waals surface area contributed by atoms with E-state index in [4.69, 9.17) is 0 Å². The lowest BCUT2D eigenvalue weighted by Gasteiger charge is -2.43. The first-order chi connectivity index (χ1) is 16.4. The normalized spacial score (nSPS) is 23.7. The van der Waals surface area contributed by atoms with Crippen molar-refractivity contribution in [2.45, 2.75) is 89.8 Å². The van der Waals surface area contributed by atoms with Crippen LogP contribution in [0.2, 0.25) is 0 Å². The van der Waals surface area contributed by atoms with Crippen LogP contribution < -0.4 is 10.6 Å². The highest BCUT2D eigenvalue weighted by Gasteiger charge is 2.48. The maximum absolute atomic E-state index is 13.4. The molecule has 3 aliphatic rings. The molecule has 1 aromatic rings. The van der Waals surface area contributed by atoms with Crippen molar-refractivity contribution in [1.82, 2.24) is 30.2 Å². The summed E-state index contributed by atoms with van der Waals surface area (Å²) in [4.78, 5) is 43.6. The minimum atomic E-state index is -1.03. The molecule has 2 fully saturated rings. The third kappa shape index (κ3) is 5.29.